The monoisotopic (exact) mass is 423 g/mol. The maximum Gasteiger partial charge on any atom is 0.263 e. The quantitative estimate of drug-likeness (QED) is 0.545. The number of aromatic nitrogens is 2. The van der Waals surface area contributed by atoms with Gasteiger partial charge in [-0.25, -0.2) is 4.98 Å². The van der Waals surface area contributed by atoms with E-state index in [-0.39, 0.29) is 22.8 Å². The molecule has 0 radical (unpaired) electrons. The molecule has 6 nitrogen and oxygen atoms in total. The Balaban J connectivity index is 1.83. The Bertz CT molecular complexity index is 914. The summed E-state index contributed by atoms with van der Waals surface area (Å²) < 4.78 is 7.30. The van der Waals surface area contributed by atoms with Crippen LogP contribution in [0.25, 0.3) is 10.2 Å². The second-order valence-corrected chi connectivity index (χ2v) is 10.3. The smallest absolute Gasteiger partial charge is 0.263 e. The van der Waals surface area contributed by atoms with E-state index in [1.165, 1.54) is 11.8 Å². The van der Waals surface area contributed by atoms with E-state index in [9.17, 15) is 9.59 Å². The number of thiophene rings is 1. The third-order valence-corrected chi connectivity index (χ3v) is 7.17. The average molecular weight is 424 g/mol. The molecule has 8 heteroatoms. The maximum atomic E-state index is 13.2. The van der Waals surface area contributed by atoms with Gasteiger partial charge in [-0.1, -0.05) is 25.6 Å². The van der Waals surface area contributed by atoms with Crippen LogP contribution >= 0.6 is 23.1 Å². The highest BCUT2D eigenvalue weighted by Crippen LogP contribution is 2.30. The number of rotatable bonds is 7. The van der Waals surface area contributed by atoms with Crippen LogP contribution in [0.4, 0.5) is 0 Å². The number of nitrogens with zero attached hydrogens (tertiary/aromatic N) is 2. The fourth-order valence-electron chi connectivity index (χ4n) is 3.30. The van der Waals surface area contributed by atoms with Crippen LogP contribution in [0.5, 0.6) is 0 Å². The molecule has 3 heterocycles. The van der Waals surface area contributed by atoms with Gasteiger partial charge in [-0.2, -0.15) is 0 Å². The summed E-state index contributed by atoms with van der Waals surface area (Å²) in [6, 6.07) is 0. The van der Waals surface area contributed by atoms with E-state index >= 15 is 0 Å². The van der Waals surface area contributed by atoms with Gasteiger partial charge in [0.2, 0.25) is 5.91 Å². The van der Waals surface area contributed by atoms with E-state index in [4.69, 9.17) is 9.72 Å². The topological polar surface area (TPSA) is 73.2 Å². The Morgan fingerprint density at radius 1 is 1.39 bits per heavy atom. The Hall–Kier alpha value is -1.38. The van der Waals surface area contributed by atoms with E-state index in [0.29, 0.717) is 29.6 Å². The molecule has 1 aliphatic rings. The standard InChI is InChI=1S/C20H29N3O3S2/c1-11(2)10-23-19(25)16-12(3)13(4)27-18(16)22-20(23)28-14(5)17(24)21-9-15-7-6-8-26-15/h11,14-15H,6-10H2,1-5H3,(H,21,24)/t14-,15-/m0/s1. The summed E-state index contributed by atoms with van der Waals surface area (Å²) in [5, 5.41) is 3.96. The molecule has 1 amide bonds. The van der Waals surface area contributed by atoms with Gasteiger partial charge in [0, 0.05) is 24.6 Å². The number of amides is 1. The van der Waals surface area contributed by atoms with Crippen LogP contribution in [0, 0.1) is 19.8 Å². The van der Waals surface area contributed by atoms with Crippen LogP contribution in [-0.2, 0) is 16.1 Å². The lowest BCUT2D eigenvalue weighted by Crippen LogP contribution is -2.37. The predicted molar refractivity (Wildman–Crippen MR) is 115 cm³/mol. The average Bonchev–Trinajstić information content (AvgIpc) is 3.24. The van der Waals surface area contributed by atoms with Gasteiger partial charge in [-0.15, -0.1) is 11.3 Å². The molecule has 0 saturated carbocycles. The van der Waals surface area contributed by atoms with Crippen LogP contribution in [0.3, 0.4) is 0 Å². The summed E-state index contributed by atoms with van der Waals surface area (Å²) >= 11 is 2.89. The molecule has 2 atom stereocenters. The Kier molecular flexibility index (Phi) is 6.83. The van der Waals surface area contributed by atoms with Crippen LogP contribution in [-0.4, -0.2) is 40.0 Å². The van der Waals surface area contributed by atoms with Gasteiger partial charge in [0.25, 0.3) is 5.56 Å². The number of hydrogen-bond acceptors (Lipinski definition) is 6. The molecule has 1 saturated heterocycles. The van der Waals surface area contributed by atoms with Crippen molar-refractivity contribution in [2.75, 3.05) is 13.2 Å². The van der Waals surface area contributed by atoms with Crippen LogP contribution in [0.1, 0.15) is 44.1 Å². The van der Waals surface area contributed by atoms with Crippen molar-refractivity contribution in [3.8, 4) is 0 Å². The van der Waals surface area contributed by atoms with Crippen molar-refractivity contribution in [3.63, 3.8) is 0 Å². The van der Waals surface area contributed by atoms with Gasteiger partial charge in [0.05, 0.1) is 16.7 Å². The Morgan fingerprint density at radius 3 is 2.79 bits per heavy atom. The first-order chi connectivity index (χ1) is 13.3. The largest absolute Gasteiger partial charge is 0.376 e. The first-order valence-electron chi connectivity index (χ1n) is 9.84. The highest BCUT2D eigenvalue weighted by atomic mass is 32.2. The van der Waals surface area contributed by atoms with Gasteiger partial charge in [0.15, 0.2) is 5.16 Å². The predicted octanol–water partition coefficient (Wildman–Crippen LogP) is 3.51. The van der Waals surface area contributed by atoms with Crippen LogP contribution in [0.2, 0.25) is 0 Å². The molecule has 0 unspecified atom stereocenters. The second kappa shape index (κ2) is 8.97. The van der Waals surface area contributed by atoms with Crippen LogP contribution in [0.15, 0.2) is 9.95 Å². The van der Waals surface area contributed by atoms with E-state index in [0.717, 1.165) is 34.7 Å². The normalized spacial score (nSPS) is 18.1. The number of nitrogens with one attached hydrogen (secondary N) is 1. The summed E-state index contributed by atoms with van der Waals surface area (Å²) in [7, 11) is 0. The second-order valence-electron chi connectivity index (χ2n) is 7.81. The minimum Gasteiger partial charge on any atom is -0.376 e. The molecule has 1 fully saturated rings. The number of hydrogen-bond donors (Lipinski definition) is 1. The fourth-order valence-corrected chi connectivity index (χ4v) is 5.31. The molecule has 0 bridgehead atoms. The van der Waals surface area contributed by atoms with Crippen molar-refractivity contribution in [3.05, 3.63) is 20.8 Å². The molecular formula is C20H29N3O3S2. The highest BCUT2D eigenvalue weighted by Gasteiger charge is 2.23. The fraction of sp³-hybridized carbons (Fsp3) is 0.650. The van der Waals surface area contributed by atoms with Crippen molar-refractivity contribution in [2.24, 2.45) is 5.92 Å². The SMILES string of the molecule is Cc1sc2nc(S[C@@H](C)C(=O)NC[C@@H]3CCCO3)n(CC(C)C)c(=O)c2c1C. The third-order valence-electron chi connectivity index (χ3n) is 4.98. The summed E-state index contributed by atoms with van der Waals surface area (Å²) in [5.41, 5.74) is 1.00. The first-order valence-corrected chi connectivity index (χ1v) is 11.5. The zero-order valence-corrected chi connectivity index (χ0v) is 18.8. The molecule has 0 aromatic carbocycles. The van der Waals surface area contributed by atoms with Gasteiger partial charge >= 0.3 is 0 Å². The number of carbonyl (C=O) groups is 1. The van der Waals surface area contributed by atoms with Crippen molar-refractivity contribution in [2.45, 2.75) is 70.5 Å². The van der Waals surface area contributed by atoms with E-state index in [2.05, 4.69) is 19.2 Å². The van der Waals surface area contributed by atoms with Crippen molar-refractivity contribution < 1.29 is 9.53 Å². The molecule has 2 aromatic rings. The van der Waals surface area contributed by atoms with Crippen LogP contribution < -0.4 is 10.9 Å². The lowest BCUT2D eigenvalue weighted by atomic mass is 10.2. The molecule has 3 rings (SSSR count). The van der Waals surface area contributed by atoms with Gasteiger partial charge in [-0.3, -0.25) is 14.2 Å². The minimum atomic E-state index is -0.341. The zero-order valence-electron chi connectivity index (χ0n) is 17.2. The van der Waals surface area contributed by atoms with E-state index in [1.807, 2.05) is 20.8 Å². The van der Waals surface area contributed by atoms with E-state index in [1.54, 1.807) is 15.9 Å². The highest BCUT2D eigenvalue weighted by molar-refractivity contribution is 8.00. The van der Waals surface area contributed by atoms with E-state index < -0.39 is 0 Å². The van der Waals surface area contributed by atoms with Crippen molar-refractivity contribution in [1.82, 2.24) is 14.9 Å². The molecule has 1 N–H and O–H groups in total. The molecule has 1 aliphatic heterocycles. The van der Waals surface area contributed by atoms with Crippen molar-refractivity contribution in [1.29, 1.82) is 0 Å². The number of aryl methyl sites for hydroxylation is 2. The summed E-state index contributed by atoms with van der Waals surface area (Å²) in [6.45, 7) is 11.9. The Labute approximate surface area is 174 Å². The van der Waals surface area contributed by atoms with Gasteiger partial charge in [-0.05, 0) is 45.1 Å². The molecular weight excluding hydrogens is 394 g/mol. The number of fused-ring (bicyclic) bond motifs is 1. The first kappa shape index (κ1) is 21.3. The number of ether oxygens (including phenoxy) is 1. The third kappa shape index (κ3) is 4.60. The maximum absolute atomic E-state index is 13.2. The Morgan fingerprint density at radius 2 is 2.14 bits per heavy atom. The van der Waals surface area contributed by atoms with Gasteiger partial charge in [0.1, 0.15) is 4.83 Å². The molecule has 0 aliphatic carbocycles. The number of carbonyl (C=O) groups excluding carboxylic acids is 1. The molecule has 154 valence electrons. The zero-order chi connectivity index (χ0) is 20.4. The summed E-state index contributed by atoms with van der Waals surface area (Å²) in [4.78, 5) is 32.4. The molecule has 0 spiro atoms. The lowest BCUT2D eigenvalue weighted by Gasteiger charge is -2.18. The number of thioether (sulfide) groups is 1. The van der Waals surface area contributed by atoms with Crippen molar-refractivity contribution >= 4 is 39.2 Å². The van der Waals surface area contributed by atoms with Gasteiger partial charge < -0.3 is 10.1 Å². The summed E-state index contributed by atoms with van der Waals surface area (Å²) in [6.07, 6.45) is 2.16. The minimum absolute atomic E-state index is 0.00462. The summed E-state index contributed by atoms with van der Waals surface area (Å²) in [5.74, 6) is 0.254. The molecule has 2 aromatic heterocycles. The molecule has 28 heavy (non-hydrogen) atoms. The lowest BCUT2D eigenvalue weighted by molar-refractivity contribution is -0.120.